The third kappa shape index (κ3) is 2.48. The minimum absolute atomic E-state index is 0.508. The normalized spacial score (nSPS) is 10.7. The highest BCUT2D eigenvalue weighted by Crippen LogP contribution is 2.19. The van der Waals surface area contributed by atoms with Gasteiger partial charge in [0.2, 0.25) is 0 Å². The van der Waals surface area contributed by atoms with Gasteiger partial charge < -0.3 is 4.42 Å². The Balaban J connectivity index is 2.37. The molecule has 2 aromatic rings. The highest BCUT2D eigenvalue weighted by molar-refractivity contribution is 5.88. The zero-order valence-electron chi connectivity index (χ0n) is 9.84. The van der Waals surface area contributed by atoms with Gasteiger partial charge in [0.25, 0.3) is 0 Å². The maximum atomic E-state index is 9.15. The van der Waals surface area contributed by atoms with Gasteiger partial charge in [-0.3, -0.25) is 0 Å². The summed E-state index contributed by atoms with van der Waals surface area (Å²) in [5.41, 5.74) is 1.85. The number of hydrogen-bond donors (Lipinski definition) is 0. The first kappa shape index (κ1) is 11.7. The molecule has 0 saturated carbocycles. The quantitative estimate of drug-likeness (QED) is 0.747. The van der Waals surface area contributed by atoms with E-state index in [1.54, 1.807) is 30.3 Å². The Hall–Kier alpha value is -2.78. The molecule has 0 aliphatic heterocycles. The molecule has 0 spiro atoms. The number of hydrogen-bond acceptors (Lipinski definition) is 3. The van der Waals surface area contributed by atoms with E-state index >= 15 is 0 Å². The van der Waals surface area contributed by atoms with Gasteiger partial charge in [-0.2, -0.15) is 10.5 Å². The molecule has 0 radical (unpaired) electrons. The SMILES string of the molecule is Cc1ccc(/C=C(/C#N)c2ccc(C#N)cc2)o1. The minimum Gasteiger partial charge on any atom is -0.462 e. The lowest BCUT2D eigenvalue weighted by molar-refractivity contribution is 0.525. The number of benzene rings is 1. The summed E-state index contributed by atoms with van der Waals surface area (Å²) < 4.78 is 5.40. The zero-order chi connectivity index (χ0) is 13.0. The summed E-state index contributed by atoms with van der Waals surface area (Å²) in [6.07, 6.45) is 1.69. The van der Waals surface area contributed by atoms with E-state index in [0.29, 0.717) is 16.9 Å². The monoisotopic (exact) mass is 234 g/mol. The predicted molar refractivity (Wildman–Crippen MR) is 68.1 cm³/mol. The number of rotatable bonds is 2. The maximum absolute atomic E-state index is 9.15. The fourth-order valence-electron chi connectivity index (χ4n) is 1.58. The number of allylic oxidation sites excluding steroid dienone is 1. The number of furan rings is 1. The average molecular weight is 234 g/mol. The van der Waals surface area contributed by atoms with Gasteiger partial charge in [-0.25, -0.2) is 0 Å². The molecule has 3 heteroatoms. The van der Waals surface area contributed by atoms with Crippen LogP contribution in [0, 0.1) is 29.6 Å². The molecular formula is C15H10N2O. The van der Waals surface area contributed by atoms with E-state index < -0.39 is 0 Å². The van der Waals surface area contributed by atoms with Gasteiger partial charge in [0.15, 0.2) is 0 Å². The number of nitriles is 2. The smallest absolute Gasteiger partial charge is 0.128 e. The van der Waals surface area contributed by atoms with Crippen molar-refractivity contribution in [3.63, 3.8) is 0 Å². The Morgan fingerprint density at radius 2 is 1.83 bits per heavy atom. The molecule has 0 atom stereocenters. The van der Waals surface area contributed by atoms with Crippen molar-refractivity contribution in [3.8, 4) is 12.1 Å². The molecular weight excluding hydrogens is 224 g/mol. The van der Waals surface area contributed by atoms with Crippen molar-refractivity contribution in [2.24, 2.45) is 0 Å². The van der Waals surface area contributed by atoms with Crippen molar-refractivity contribution < 1.29 is 4.42 Å². The second-order valence-corrected chi connectivity index (χ2v) is 3.81. The Labute approximate surface area is 105 Å². The lowest BCUT2D eigenvalue weighted by atomic mass is 10.0. The first-order valence-corrected chi connectivity index (χ1v) is 5.41. The second kappa shape index (κ2) is 5.03. The van der Waals surface area contributed by atoms with Crippen LogP contribution in [0.25, 0.3) is 11.6 Å². The van der Waals surface area contributed by atoms with E-state index in [1.807, 2.05) is 25.1 Å². The number of nitrogens with zero attached hydrogens (tertiary/aromatic N) is 2. The molecule has 86 valence electrons. The Morgan fingerprint density at radius 1 is 1.11 bits per heavy atom. The molecule has 0 aliphatic rings. The van der Waals surface area contributed by atoms with Crippen molar-refractivity contribution in [3.05, 3.63) is 59.0 Å². The molecule has 0 unspecified atom stereocenters. The van der Waals surface area contributed by atoms with Gasteiger partial charge >= 0.3 is 0 Å². The van der Waals surface area contributed by atoms with E-state index in [2.05, 4.69) is 6.07 Å². The van der Waals surface area contributed by atoms with Crippen molar-refractivity contribution in [2.75, 3.05) is 0 Å². The molecule has 0 bridgehead atoms. The minimum atomic E-state index is 0.508. The van der Waals surface area contributed by atoms with Crippen LogP contribution in [0.5, 0.6) is 0 Å². The highest BCUT2D eigenvalue weighted by atomic mass is 16.3. The summed E-state index contributed by atoms with van der Waals surface area (Å²) in [6, 6.07) is 14.7. The van der Waals surface area contributed by atoms with Crippen LogP contribution in [0.2, 0.25) is 0 Å². The summed E-state index contributed by atoms with van der Waals surface area (Å²) in [5, 5.41) is 17.9. The van der Waals surface area contributed by atoms with E-state index in [4.69, 9.17) is 14.9 Å². The van der Waals surface area contributed by atoms with Crippen LogP contribution >= 0.6 is 0 Å². The van der Waals surface area contributed by atoms with E-state index in [1.165, 1.54) is 0 Å². The molecule has 18 heavy (non-hydrogen) atoms. The average Bonchev–Trinajstić information content (AvgIpc) is 2.82. The summed E-state index contributed by atoms with van der Waals surface area (Å²) in [5.74, 6) is 1.45. The topological polar surface area (TPSA) is 60.7 Å². The van der Waals surface area contributed by atoms with Crippen molar-refractivity contribution in [2.45, 2.75) is 6.92 Å². The third-order valence-electron chi connectivity index (χ3n) is 2.49. The van der Waals surface area contributed by atoms with Crippen molar-refractivity contribution in [1.29, 1.82) is 10.5 Å². The fraction of sp³-hybridized carbons (Fsp3) is 0.0667. The summed E-state index contributed by atoms with van der Waals surface area (Å²) >= 11 is 0. The van der Waals surface area contributed by atoms with E-state index in [-0.39, 0.29) is 0 Å². The van der Waals surface area contributed by atoms with Gasteiger partial charge in [-0.15, -0.1) is 0 Å². The summed E-state index contributed by atoms with van der Waals surface area (Å²) in [4.78, 5) is 0. The molecule has 0 N–H and O–H groups in total. The van der Waals surface area contributed by atoms with Crippen LogP contribution in [-0.4, -0.2) is 0 Å². The molecule has 3 nitrogen and oxygen atoms in total. The Kier molecular flexibility index (Phi) is 3.27. The summed E-state index contributed by atoms with van der Waals surface area (Å²) in [6.45, 7) is 1.85. The van der Waals surface area contributed by atoms with Crippen LogP contribution in [0.15, 0.2) is 40.8 Å². The molecule has 1 heterocycles. The largest absolute Gasteiger partial charge is 0.462 e. The van der Waals surface area contributed by atoms with Crippen LogP contribution in [0.3, 0.4) is 0 Å². The van der Waals surface area contributed by atoms with Crippen LogP contribution in [-0.2, 0) is 0 Å². The van der Waals surface area contributed by atoms with Crippen molar-refractivity contribution >= 4 is 11.6 Å². The standard InChI is InChI=1S/C15H10N2O/c1-11-2-7-15(18-11)8-14(10-17)13-5-3-12(9-16)4-6-13/h2-8H,1H3/b14-8-. The van der Waals surface area contributed by atoms with Crippen LogP contribution in [0.4, 0.5) is 0 Å². The van der Waals surface area contributed by atoms with Gasteiger partial charge in [0, 0.05) is 0 Å². The third-order valence-corrected chi connectivity index (χ3v) is 2.49. The lowest BCUT2D eigenvalue weighted by Gasteiger charge is -1.98. The zero-order valence-corrected chi connectivity index (χ0v) is 9.84. The van der Waals surface area contributed by atoms with Crippen molar-refractivity contribution in [1.82, 2.24) is 0 Å². The second-order valence-electron chi connectivity index (χ2n) is 3.81. The molecule has 1 aromatic carbocycles. The highest BCUT2D eigenvalue weighted by Gasteiger charge is 2.03. The first-order valence-electron chi connectivity index (χ1n) is 5.41. The molecule has 2 rings (SSSR count). The van der Waals surface area contributed by atoms with Gasteiger partial charge in [0.1, 0.15) is 11.5 Å². The van der Waals surface area contributed by atoms with E-state index in [0.717, 1.165) is 11.3 Å². The molecule has 0 aliphatic carbocycles. The Bertz CT molecular complexity index is 664. The van der Waals surface area contributed by atoms with Crippen LogP contribution in [0.1, 0.15) is 22.6 Å². The molecule has 1 aromatic heterocycles. The maximum Gasteiger partial charge on any atom is 0.128 e. The van der Waals surface area contributed by atoms with Gasteiger partial charge in [0.05, 0.1) is 23.3 Å². The Morgan fingerprint density at radius 3 is 2.33 bits per heavy atom. The molecule has 0 fully saturated rings. The van der Waals surface area contributed by atoms with Gasteiger partial charge in [-0.05, 0) is 42.8 Å². The summed E-state index contributed by atoms with van der Waals surface area (Å²) in [7, 11) is 0. The van der Waals surface area contributed by atoms with E-state index in [9.17, 15) is 0 Å². The first-order chi connectivity index (χ1) is 8.72. The van der Waals surface area contributed by atoms with Crippen LogP contribution < -0.4 is 0 Å². The fourth-order valence-corrected chi connectivity index (χ4v) is 1.58. The molecule has 0 amide bonds. The molecule has 0 saturated heterocycles. The lowest BCUT2D eigenvalue weighted by Crippen LogP contribution is -1.82. The predicted octanol–water partition coefficient (Wildman–Crippen LogP) is 3.52. The number of aryl methyl sites for hydroxylation is 1. The van der Waals surface area contributed by atoms with Gasteiger partial charge in [-0.1, -0.05) is 12.1 Å².